The van der Waals surface area contributed by atoms with Crippen LogP contribution in [0.25, 0.3) is 0 Å². The van der Waals surface area contributed by atoms with Gasteiger partial charge in [0.25, 0.3) is 0 Å². The Morgan fingerprint density at radius 3 is 2.64 bits per heavy atom. The van der Waals surface area contributed by atoms with Crippen molar-refractivity contribution >= 4 is 5.78 Å². The van der Waals surface area contributed by atoms with Crippen molar-refractivity contribution in [2.24, 2.45) is 5.92 Å². The van der Waals surface area contributed by atoms with Gasteiger partial charge in [0.15, 0.2) is 0 Å². The summed E-state index contributed by atoms with van der Waals surface area (Å²) in [6, 6.07) is 8.35. The van der Waals surface area contributed by atoms with Crippen LogP contribution >= 0.6 is 0 Å². The van der Waals surface area contributed by atoms with Crippen molar-refractivity contribution in [3.8, 4) is 0 Å². The van der Waals surface area contributed by atoms with E-state index in [0.717, 1.165) is 12.8 Å². The number of hydrogen-bond acceptors (Lipinski definition) is 1. The van der Waals surface area contributed by atoms with Crippen molar-refractivity contribution in [2.75, 3.05) is 0 Å². The van der Waals surface area contributed by atoms with E-state index in [0.29, 0.717) is 11.7 Å². The van der Waals surface area contributed by atoms with Crippen molar-refractivity contribution in [3.63, 3.8) is 0 Å². The average Bonchev–Trinajstić information content (AvgIpc) is 2.17. The smallest absolute Gasteiger partial charge is 0.140 e. The Labute approximate surface area is 85.1 Å². The van der Waals surface area contributed by atoms with Crippen LogP contribution in [-0.4, -0.2) is 5.78 Å². The minimum atomic E-state index is 0.139. The van der Waals surface area contributed by atoms with Crippen LogP contribution in [0, 0.1) is 5.92 Å². The van der Waals surface area contributed by atoms with Gasteiger partial charge in [-0.05, 0) is 23.5 Å². The zero-order valence-corrected chi connectivity index (χ0v) is 8.79. The van der Waals surface area contributed by atoms with E-state index >= 15 is 0 Å². The second kappa shape index (κ2) is 3.56. The lowest BCUT2D eigenvalue weighted by atomic mass is 9.76. The van der Waals surface area contributed by atoms with Crippen LogP contribution in [0.5, 0.6) is 0 Å². The molecule has 0 aliphatic heterocycles. The monoisotopic (exact) mass is 188 g/mol. The number of aryl methyl sites for hydroxylation is 1. The quantitative estimate of drug-likeness (QED) is 0.662. The van der Waals surface area contributed by atoms with Crippen LogP contribution in [-0.2, 0) is 11.2 Å². The van der Waals surface area contributed by atoms with E-state index in [1.807, 2.05) is 6.07 Å². The Morgan fingerprint density at radius 1 is 1.21 bits per heavy atom. The topological polar surface area (TPSA) is 17.1 Å². The Balaban J connectivity index is 2.46. The fourth-order valence-corrected chi connectivity index (χ4v) is 2.38. The second-order valence-electron chi connectivity index (χ2n) is 4.39. The van der Waals surface area contributed by atoms with E-state index < -0.39 is 0 Å². The number of carbonyl (C=O) groups is 1. The number of rotatable bonds is 1. The van der Waals surface area contributed by atoms with Crippen LogP contribution in [0.3, 0.4) is 0 Å². The molecule has 0 fully saturated rings. The lowest BCUT2D eigenvalue weighted by molar-refractivity contribution is -0.121. The van der Waals surface area contributed by atoms with Crippen molar-refractivity contribution in [3.05, 3.63) is 35.4 Å². The molecule has 0 heterocycles. The highest BCUT2D eigenvalue weighted by molar-refractivity contribution is 5.88. The summed E-state index contributed by atoms with van der Waals surface area (Å²) in [7, 11) is 0. The summed E-state index contributed by atoms with van der Waals surface area (Å²) in [5, 5.41) is 0. The summed E-state index contributed by atoms with van der Waals surface area (Å²) in [5.41, 5.74) is 2.63. The molecule has 14 heavy (non-hydrogen) atoms. The number of ketones is 1. The molecule has 0 radical (unpaired) electrons. The van der Waals surface area contributed by atoms with Crippen LogP contribution < -0.4 is 0 Å². The Morgan fingerprint density at radius 2 is 1.93 bits per heavy atom. The summed E-state index contributed by atoms with van der Waals surface area (Å²) in [4.78, 5) is 11.8. The zero-order chi connectivity index (χ0) is 10.1. The number of benzene rings is 1. The molecule has 0 N–H and O–H groups in total. The molecule has 1 atom stereocenters. The van der Waals surface area contributed by atoms with Gasteiger partial charge in [0.1, 0.15) is 5.78 Å². The predicted octanol–water partition coefficient (Wildman–Crippen LogP) is 2.94. The molecule has 1 aliphatic rings. The van der Waals surface area contributed by atoms with Gasteiger partial charge in [-0.15, -0.1) is 0 Å². The lowest BCUT2D eigenvalue weighted by Gasteiger charge is -2.27. The molecular weight excluding hydrogens is 172 g/mol. The molecule has 74 valence electrons. The Kier molecular flexibility index (Phi) is 2.40. The molecule has 0 amide bonds. The second-order valence-corrected chi connectivity index (χ2v) is 4.39. The van der Waals surface area contributed by atoms with Crippen molar-refractivity contribution < 1.29 is 4.79 Å². The van der Waals surface area contributed by atoms with Crippen LogP contribution in [0.15, 0.2) is 24.3 Å². The van der Waals surface area contributed by atoms with Gasteiger partial charge in [-0.25, -0.2) is 0 Å². The van der Waals surface area contributed by atoms with E-state index in [1.54, 1.807) is 0 Å². The fourth-order valence-electron chi connectivity index (χ4n) is 2.38. The maximum Gasteiger partial charge on any atom is 0.140 e. The van der Waals surface area contributed by atoms with Gasteiger partial charge in [-0.2, -0.15) is 0 Å². The first kappa shape index (κ1) is 9.45. The summed E-state index contributed by atoms with van der Waals surface area (Å²) in [5.74, 6) is 0.975. The number of fused-ring (bicyclic) bond motifs is 1. The van der Waals surface area contributed by atoms with Gasteiger partial charge >= 0.3 is 0 Å². The SMILES string of the molecule is CC(C)C1C(=O)CCc2ccccc21. The molecular formula is C13H16O. The molecule has 1 aromatic carbocycles. The molecule has 0 aromatic heterocycles. The zero-order valence-electron chi connectivity index (χ0n) is 8.79. The van der Waals surface area contributed by atoms with Gasteiger partial charge < -0.3 is 0 Å². The highest BCUT2D eigenvalue weighted by Crippen LogP contribution is 2.33. The van der Waals surface area contributed by atoms with Crippen LogP contribution in [0.4, 0.5) is 0 Å². The van der Waals surface area contributed by atoms with Crippen molar-refractivity contribution in [1.82, 2.24) is 0 Å². The minimum Gasteiger partial charge on any atom is -0.299 e. The Bertz CT molecular complexity index is 352. The molecule has 0 bridgehead atoms. The normalized spacial score (nSPS) is 21.1. The van der Waals surface area contributed by atoms with E-state index in [1.165, 1.54) is 11.1 Å². The summed E-state index contributed by atoms with van der Waals surface area (Å²) in [6.07, 6.45) is 1.65. The molecule has 1 aromatic rings. The van der Waals surface area contributed by atoms with Gasteiger partial charge in [-0.3, -0.25) is 4.79 Å². The highest BCUT2D eigenvalue weighted by Gasteiger charge is 2.29. The number of Topliss-reactive ketones (excluding diaryl/α,β-unsaturated/α-hetero) is 1. The molecule has 1 nitrogen and oxygen atoms in total. The third-order valence-corrected chi connectivity index (χ3v) is 3.04. The molecule has 1 unspecified atom stereocenters. The van der Waals surface area contributed by atoms with Gasteiger partial charge in [-0.1, -0.05) is 38.1 Å². The standard InChI is InChI=1S/C13H16O/c1-9(2)13-11-6-4-3-5-10(11)7-8-12(13)14/h3-6,9,13H,7-8H2,1-2H3. The third kappa shape index (κ3) is 1.47. The summed E-state index contributed by atoms with van der Waals surface area (Å²) >= 11 is 0. The van der Waals surface area contributed by atoms with Gasteiger partial charge in [0, 0.05) is 12.3 Å². The molecule has 1 aliphatic carbocycles. The van der Waals surface area contributed by atoms with Crippen LogP contribution in [0.1, 0.15) is 37.3 Å². The van der Waals surface area contributed by atoms with Crippen molar-refractivity contribution in [1.29, 1.82) is 0 Å². The van der Waals surface area contributed by atoms with E-state index in [4.69, 9.17) is 0 Å². The maximum absolute atomic E-state index is 11.8. The third-order valence-electron chi connectivity index (χ3n) is 3.04. The van der Waals surface area contributed by atoms with E-state index in [-0.39, 0.29) is 5.92 Å². The van der Waals surface area contributed by atoms with E-state index in [2.05, 4.69) is 32.0 Å². The molecule has 1 heteroatoms. The predicted molar refractivity (Wildman–Crippen MR) is 57.3 cm³/mol. The lowest BCUT2D eigenvalue weighted by Crippen LogP contribution is -2.24. The van der Waals surface area contributed by atoms with E-state index in [9.17, 15) is 4.79 Å². The molecule has 2 rings (SSSR count). The Hall–Kier alpha value is -1.11. The first-order valence-electron chi connectivity index (χ1n) is 5.30. The number of carbonyl (C=O) groups excluding carboxylic acids is 1. The molecule has 0 spiro atoms. The summed E-state index contributed by atoms with van der Waals surface area (Å²) in [6.45, 7) is 4.26. The minimum absolute atomic E-state index is 0.139. The van der Waals surface area contributed by atoms with Gasteiger partial charge in [0.05, 0.1) is 0 Å². The first-order chi connectivity index (χ1) is 6.70. The highest BCUT2D eigenvalue weighted by atomic mass is 16.1. The number of hydrogen-bond donors (Lipinski definition) is 0. The maximum atomic E-state index is 11.8. The first-order valence-corrected chi connectivity index (χ1v) is 5.30. The molecule has 0 saturated carbocycles. The largest absolute Gasteiger partial charge is 0.299 e. The molecule has 0 saturated heterocycles. The van der Waals surface area contributed by atoms with Gasteiger partial charge in [0.2, 0.25) is 0 Å². The van der Waals surface area contributed by atoms with Crippen molar-refractivity contribution in [2.45, 2.75) is 32.6 Å². The summed E-state index contributed by atoms with van der Waals surface area (Å²) < 4.78 is 0. The fraction of sp³-hybridized carbons (Fsp3) is 0.462. The average molecular weight is 188 g/mol. The van der Waals surface area contributed by atoms with Crippen LogP contribution in [0.2, 0.25) is 0 Å².